The summed E-state index contributed by atoms with van der Waals surface area (Å²) in [5.74, 6) is -1.02. The smallest absolute Gasteiger partial charge is 0.338 e. The van der Waals surface area contributed by atoms with Crippen molar-refractivity contribution >= 4 is 21.7 Å². The van der Waals surface area contributed by atoms with Gasteiger partial charge in [0.25, 0.3) is 0 Å². The highest BCUT2D eigenvalue weighted by atomic mass is 32.2. The third-order valence-corrected chi connectivity index (χ3v) is 4.85. The van der Waals surface area contributed by atoms with E-state index in [2.05, 4.69) is 0 Å². The van der Waals surface area contributed by atoms with Crippen LogP contribution in [0, 0.1) is 0 Å². The number of nitrogen functional groups attached to an aromatic ring is 1. The van der Waals surface area contributed by atoms with Gasteiger partial charge in [0, 0.05) is 18.8 Å². The molecule has 0 radical (unpaired) electrons. The third kappa shape index (κ3) is 2.32. The van der Waals surface area contributed by atoms with E-state index >= 15 is 0 Å². The number of nitrogens with two attached hydrogens (primary N) is 1. The van der Waals surface area contributed by atoms with Crippen LogP contribution in [0.3, 0.4) is 0 Å². The molecule has 3 N–H and O–H groups in total. The highest BCUT2D eigenvalue weighted by molar-refractivity contribution is 7.89. The second-order valence-electron chi connectivity index (χ2n) is 4.19. The largest absolute Gasteiger partial charge is 0.478 e. The van der Waals surface area contributed by atoms with E-state index in [1.165, 1.54) is 10.4 Å². The molecular weight excluding hydrogens is 256 g/mol. The Morgan fingerprint density at radius 2 is 2.17 bits per heavy atom. The van der Waals surface area contributed by atoms with Gasteiger partial charge in [-0.1, -0.05) is 12.1 Å². The molecular formula is C11H14N2O4S. The maximum atomic E-state index is 11.7. The monoisotopic (exact) mass is 270 g/mol. The van der Waals surface area contributed by atoms with Crippen LogP contribution in [-0.2, 0) is 16.6 Å². The number of carboxylic acids is 1. The molecule has 6 nitrogen and oxygen atoms in total. The van der Waals surface area contributed by atoms with Gasteiger partial charge in [0.15, 0.2) is 0 Å². The van der Waals surface area contributed by atoms with E-state index in [4.69, 9.17) is 10.8 Å². The SMILES string of the molecule is Nc1cccc(CN2CCCS2(=O)=O)c1C(=O)O. The van der Waals surface area contributed by atoms with Crippen molar-refractivity contribution in [3.63, 3.8) is 0 Å². The van der Waals surface area contributed by atoms with Crippen LogP contribution in [-0.4, -0.2) is 36.1 Å². The molecule has 1 saturated heterocycles. The first kappa shape index (κ1) is 12.8. The summed E-state index contributed by atoms with van der Waals surface area (Å²) < 4.78 is 24.7. The predicted molar refractivity (Wildman–Crippen MR) is 66.6 cm³/mol. The number of aromatic carboxylic acids is 1. The average Bonchev–Trinajstić information content (AvgIpc) is 2.58. The summed E-state index contributed by atoms with van der Waals surface area (Å²) in [6.45, 7) is 0.491. The second kappa shape index (κ2) is 4.58. The Kier molecular flexibility index (Phi) is 3.27. The summed E-state index contributed by atoms with van der Waals surface area (Å²) in [6, 6.07) is 4.71. The molecule has 7 heteroatoms. The first-order valence-electron chi connectivity index (χ1n) is 5.50. The summed E-state index contributed by atoms with van der Waals surface area (Å²) in [6.07, 6.45) is 0.576. The van der Waals surface area contributed by atoms with Crippen LogP contribution in [0.5, 0.6) is 0 Å². The molecule has 1 fully saturated rings. The van der Waals surface area contributed by atoms with Crippen LogP contribution in [0.1, 0.15) is 22.3 Å². The zero-order chi connectivity index (χ0) is 13.3. The Balaban J connectivity index is 2.35. The van der Waals surface area contributed by atoms with Gasteiger partial charge in [-0.3, -0.25) is 0 Å². The van der Waals surface area contributed by atoms with Crippen LogP contribution in [0.25, 0.3) is 0 Å². The van der Waals surface area contributed by atoms with Gasteiger partial charge in [-0.2, -0.15) is 4.31 Å². The van der Waals surface area contributed by atoms with E-state index in [0.29, 0.717) is 18.5 Å². The number of nitrogens with zero attached hydrogens (tertiary/aromatic N) is 1. The van der Waals surface area contributed by atoms with Crippen molar-refractivity contribution in [1.29, 1.82) is 0 Å². The van der Waals surface area contributed by atoms with Crippen LogP contribution < -0.4 is 5.73 Å². The van der Waals surface area contributed by atoms with Gasteiger partial charge < -0.3 is 10.8 Å². The maximum absolute atomic E-state index is 11.7. The van der Waals surface area contributed by atoms with Crippen molar-refractivity contribution in [3.8, 4) is 0 Å². The minimum atomic E-state index is -3.24. The molecule has 0 atom stereocenters. The van der Waals surface area contributed by atoms with Crippen LogP contribution in [0.15, 0.2) is 18.2 Å². The summed E-state index contributed by atoms with van der Waals surface area (Å²) in [5.41, 5.74) is 6.17. The van der Waals surface area contributed by atoms with E-state index in [9.17, 15) is 13.2 Å². The van der Waals surface area contributed by atoms with Gasteiger partial charge in [0.05, 0.1) is 11.3 Å². The molecule has 0 amide bonds. The first-order valence-corrected chi connectivity index (χ1v) is 7.11. The maximum Gasteiger partial charge on any atom is 0.338 e. The Morgan fingerprint density at radius 3 is 2.72 bits per heavy atom. The summed E-state index contributed by atoms with van der Waals surface area (Å²) in [4.78, 5) is 11.1. The van der Waals surface area contributed by atoms with Gasteiger partial charge >= 0.3 is 5.97 Å². The lowest BCUT2D eigenvalue weighted by Gasteiger charge is -2.16. The molecule has 0 aromatic heterocycles. The van der Waals surface area contributed by atoms with Crippen LogP contribution in [0.2, 0.25) is 0 Å². The second-order valence-corrected chi connectivity index (χ2v) is 6.28. The number of hydrogen-bond donors (Lipinski definition) is 2. The van der Waals surface area contributed by atoms with Gasteiger partial charge in [-0.05, 0) is 18.1 Å². The van der Waals surface area contributed by atoms with Crippen molar-refractivity contribution in [2.45, 2.75) is 13.0 Å². The van der Waals surface area contributed by atoms with Gasteiger partial charge in [-0.15, -0.1) is 0 Å². The molecule has 0 aliphatic carbocycles. The van der Waals surface area contributed by atoms with Crippen molar-refractivity contribution < 1.29 is 18.3 Å². The van der Waals surface area contributed by atoms with Crippen molar-refractivity contribution in [3.05, 3.63) is 29.3 Å². The lowest BCUT2D eigenvalue weighted by Crippen LogP contribution is -2.26. The molecule has 0 bridgehead atoms. The molecule has 2 rings (SSSR count). The molecule has 1 aromatic carbocycles. The fraction of sp³-hybridized carbons (Fsp3) is 0.364. The topological polar surface area (TPSA) is 101 Å². The van der Waals surface area contributed by atoms with E-state index in [1.54, 1.807) is 12.1 Å². The Bertz CT molecular complexity index is 583. The third-order valence-electron chi connectivity index (χ3n) is 2.95. The summed E-state index contributed by atoms with van der Waals surface area (Å²) >= 11 is 0. The van der Waals surface area contributed by atoms with E-state index in [1.807, 2.05) is 0 Å². The Hall–Kier alpha value is -1.60. The van der Waals surface area contributed by atoms with E-state index in [0.717, 1.165) is 0 Å². The van der Waals surface area contributed by atoms with E-state index < -0.39 is 16.0 Å². The average molecular weight is 270 g/mol. The minimum absolute atomic E-state index is 0.0143. The predicted octanol–water partition coefficient (Wildman–Crippen LogP) is 0.503. The first-order chi connectivity index (χ1) is 8.42. The molecule has 0 spiro atoms. The van der Waals surface area contributed by atoms with Gasteiger partial charge in [0.2, 0.25) is 10.0 Å². The van der Waals surface area contributed by atoms with Gasteiger partial charge in [0.1, 0.15) is 0 Å². The number of rotatable bonds is 3. The normalized spacial score (nSPS) is 18.9. The quantitative estimate of drug-likeness (QED) is 0.779. The van der Waals surface area contributed by atoms with Gasteiger partial charge in [-0.25, -0.2) is 13.2 Å². The number of carbonyl (C=O) groups is 1. The lowest BCUT2D eigenvalue weighted by molar-refractivity contribution is 0.0696. The Labute approximate surface area is 105 Å². The van der Waals surface area contributed by atoms with Crippen LogP contribution >= 0.6 is 0 Å². The molecule has 98 valence electrons. The minimum Gasteiger partial charge on any atom is -0.478 e. The van der Waals surface area contributed by atoms with Crippen molar-refractivity contribution in [2.75, 3.05) is 18.0 Å². The highest BCUT2D eigenvalue weighted by Crippen LogP contribution is 2.22. The molecule has 0 saturated carbocycles. The van der Waals surface area contributed by atoms with Crippen LogP contribution in [0.4, 0.5) is 5.69 Å². The fourth-order valence-corrected chi connectivity index (χ4v) is 3.57. The number of hydrogen-bond acceptors (Lipinski definition) is 4. The summed E-state index contributed by atoms with van der Waals surface area (Å²) in [7, 11) is -3.24. The zero-order valence-electron chi connectivity index (χ0n) is 9.67. The summed E-state index contributed by atoms with van der Waals surface area (Å²) in [5, 5.41) is 9.10. The lowest BCUT2D eigenvalue weighted by atomic mass is 10.1. The Morgan fingerprint density at radius 1 is 1.44 bits per heavy atom. The number of anilines is 1. The van der Waals surface area contributed by atoms with E-state index in [-0.39, 0.29) is 23.5 Å². The molecule has 0 unspecified atom stereocenters. The molecule has 1 aromatic rings. The highest BCUT2D eigenvalue weighted by Gasteiger charge is 2.29. The molecule has 1 heterocycles. The van der Waals surface area contributed by atoms with Crippen molar-refractivity contribution in [2.24, 2.45) is 0 Å². The molecule has 1 aliphatic rings. The zero-order valence-corrected chi connectivity index (χ0v) is 10.5. The van der Waals surface area contributed by atoms with Crippen molar-refractivity contribution in [1.82, 2.24) is 4.31 Å². The number of carboxylic acid groups (broad SMARTS) is 1. The molecule has 18 heavy (non-hydrogen) atoms. The molecule has 1 aliphatic heterocycles. The standard InChI is InChI=1S/C11H14N2O4S/c12-9-4-1-3-8(10(9)11(14)15)7-13-5-2-6-18(13,16)17/h1,3-4H,2,5-7,12H2,(H,14,15). The number of benzene rings is 1. The number of sulfonamides is 1. The fourth-order valence-electron chi connectivity index (χ4n) is 2.07.